The molecule has 0 aromatic heterocycles. The molecule has 0 aromatic carbocycles. The zero-order chi connectivity index (χ0) is 29.9. The molecule has 3 unspecified atom stereocenters. The Morgan fingerprint density at radius 3 is 1.88 bits per heavy atom. The topological polar surface area (TPSA) is 136 Å². The van der Waals surface area contributed by atoms with Crippen LogP contribution in [0.4, 0.5) is 0 Å². The molecule has 11 heteroatoms. The maximum atomic E-state index is 11.9. The van der Waals surface area contributed by atoms with Crippen LogP contribution in [0.15, 0.2) is 0 Å². The average molecular weight is 630 g/mol. The molecular formula is C29H60NO7PS2. The molecule has 0 rings (SSSR count). The van der Waals surface area contributed by atoms with E-state index >= 15 is 0 Å². The van der Waals surface area contributed by atoms with Crippen LogP contribution in [0.2, 0.25) is 0 Å². The summed E-state index contributed by atoms with van der Waals surface area (Å²) in [5, 5.41) is 21.0. The molecule has 0 aliphatic carbocycles. The maximum Gasteiger partial charge on any atom is 0.469 e. The second-order valence-electron chi connectivity index (χ2n) is 11.3. The number of hydrogen-bond donors (Lipinski definition) is 5. The number of aliphatic hydroxyl groups excluding tert-OH is 2. The molecule has 1 amide bonds. The normalized spacial score (nSPS) is 14.2. The van der Waals surface area contributed by atoms with Gasteiger partial charge < -0.3 is 25.3 Å². The molecule has 0 aromatic rings. The molecule has 0 saturated carbocycles. The number of phosphoric ester groups is 1. The van der Waals surface area contributed by atoms with Gasteiger partial charge in [-0.25, -0.2) is 4.57 Å². The van der Waals surface area contributed by atoms with E-state index in [0.29, 0.717) is 24.5 Å². The minimum atomic E-state index is -4.33. The molecular weight excluding hydrogens is 569 g/mol. The van der Waals surface area contributed by atoms with E-state index in [4.69, 9.17) is 14.9 Å². The molecule has 0 saturated heterocycles. The third kappa shape index (κ3) is 31.1. The van der Waals surface area contributed by atoms with E-state index in [1.165, 1.54) is 94.3 Å². The third-order valence-electron chi connectivity index (χ3n) is 7.15. The van der Waals surface area contributed by atoms with Crippen molar-refractivity contribution in [3.63, 3.8) is 0 Å². The molecule has 0 radical (unpaired) electrons. The molecule has 3 atom stereocenters. The summed E-state index contributed by atoms with van der Waals surface area (Å²) in [4.78, 5) is 29.3. The summed E-state index contributed by atoms with van der Waals surface area (Å²) in [6, 6.07) is 0. The summed E-state index contributed by atoms with van der Waals surface area (Å²) < 4.78 is 15.2. The summed E-state index contributed by atoms with van der Waals surface area (Å²) in [6.07, 6.45) is 20.3. The van der Waals surface area contributed by atoms with Crippen molar-refractivity contribution in [2.75, 3.05) is 31.3 Å². The third-order valence-corrected chi connectivity index (χ3v) is 10.2. The smallest absolute Gasteiger partial charge is 0.394 e. The fraction of sp³-hybridized carbons (Fsp3) is 0.966. The number of carbonyl (C=O) groups excluding carboxylic acids is 1. The molecule has 0 aliphatic rings. The summed E-state index contributed by atoms with van der Waals surface area (Å²) >= 11 is 0. The van der Waals surface area contributed by atoms with Crippen LogP contribution in [0.1, 0.15) is 129 Å². The predicted molar refractivity (Wildman–Crippen MR) is 170 cm³/mol. The van der Waals surface area contributed by atoms with E-state index < -0.39 is 13.9 Å². The highest BCUT2D eigenvalue weighted by Crippen LogP contribution is 2.36. The fourth-order valence-electron chi connectivity index (χ4n) is 4.53. The van der Waals surface area contributed by atoms with Crippen LogP contribution in [0.5, 0.6) is 0 Å². The Bertz CT molecular complexity index is 627. The second kappa shape index (κ2) is 28.0. The van der Waals surface area contributed by atoms with Crippen molar-refractivity contribution in [3.8, 4) is 0 Å². The van der Waals surface area contributed by atoms with Gasteiger partial charge in [-0.3, -0.25) is 9.32 Å². The van der Waals surface area contributed by atoms with Gasteiger partial charge in [0.15, 0.2) is 0 Å². The van der Waals surface area contributed by atoms with E-state index in [2.05, 4.69) is 23.7 Å². The average Bonchev–Trinajstić information content (AvgIpc) is 2.89. The summed E-state index contributed by atoms with van der Waals surface area (Å²) in [6.45, 7) is 5.17. The van der Waals surface area contributed by atoms with Crippen molar-refractivity contribution >= 4 is 35.3 Å². The highest BCUT2D eigenvalue weighted by molar-refractivity contribution is 8.76. The molecule has 0 spiro atoms. The van der Waals surface area contributed by atoms with Gasteiger partial charge in [0.05, 0.1) is 19.3 Å². The molecule has 0 bridgehead atoms. The van der Waals surface area contributed by atoms with E-state index in [1.54, 1.807) is 10.8 Å². The largest absolute Gasteiger partial charge is 0.469 e. The Balaban J connectivity index is 3.33. The lowest BCUT2D eigenvalue weighted by Crippen LogP contribution is -2.24. The molecule has 0 fully saturated rings. The SMILES string of the molecule is CC(CCCCCCCCCCCCCNC(=O)CCCSSCC(O)CO)CCCC(C)CCOP(=O)(O)O. The van der Waals surface area contributed by atoms with Crippen LogP contribution < -0.4 is 5.32 Å². The number of phosphoric acid groups is 1. The van der Waals surface area contributed by atoms with Gasteiger partial charge in [-0.1, -0.05) is 125 Å². The minimum absolute atomic E-state index is 0.130. The quantitative estimate of drug-likeness (QED) is 0.0316. The fourth-order valence-corrected chi connectivity index (χ4v) is 7.08. The van der Waals surface area contributed by atoms with Crippen molar-refractivity contribution < 1.29 is 33.9 Å². The monoisotopic (exact) mass is 629 g/mol. The van der Waals surface area contributed by atoms with Crippen molar-refractivity contribution in [1.29, 1.82) is 0 Å². The van der Waals surface area contributed by atoms with Crippen molar-refractivity contribution in [3.05, 3.63) is 0 Å². The van der Waals surface area contributed by atoms with Gasteiger partial charge in [0.1, 0.15) is 0 Å². The van der Waals surface area contributed by atoms with E-state index in [9.17, 15) is 14.5 Å². The van der Waals surface area contributed by atoms with Crippen LogP contribution in [0.3, 0.4) is 0 Å². The molecule has 8 nitrogen and oxygen atoms in total. The summed E-state index contributed by atoms with van der Waals surface area (Å²) in [5.74, 6) is 2.71. The van der Waals surface area contributed by atoms with Gasteiger partial charge in [-0.05, 0) is 31.1 Å². The van der Waals surface area contributed by atoms with Crippen LogP contribution in [0.25, 0.3) is 0 Å². The van der Waals surface area contributed by atoms with Gasteiger partial charge in [0, 0.05) is 24.5 Å². The second-order valence-corrected chi connectivity index (χ2v) is 15.2. The van der Waals surface area contributed by atoms with Gasteiger partial charge in [-0.15, -0.1) is 0 Å². The molecule has 240 valence electrons. The highest BCUT2D eigenvalue weighted by Gasteiger charge is 2.14. The van der Waals surface area contributed by atoms with Crippen molar-refractivity contribution in [2.24, 2.45) is 11.8 Å². The number of amides is 1. The Kier molecular flexibility index (Phi) is 28.1. The minimum Gasteiger partial charge on any atom is -0.394 e. The number of rotatable bonds is 30. The Morgan fingerprint density at radius 2 is 1.30 bits per heavy atom. The highest BCUT2D eigenvalue weighted by atomic mass is 33.1. The van der Waals surface area contributed by atoms with Crippen molar-refractivity contribution in [1.82, 2.24) is 5.32 Å². The summed E-state index contributed by atoms with van der Waals surface area (Å²) in [5.41, 5.74) is 0. The zero-order valence-corrected chi connectivity index (χ0v) is 27.8. The lowest BCUT2D eigenvalue weighted by Gasteiger charge is -2.14. The number of unbranched alkanes of at least 4 members (excludes halogenated alkanes) is 10. The Hall–Kier alpha value is 0.200. The first-order chi connectivity index (χ1) is 19.1. The van der Waals surface area contributed by atoms with Crippen LogP contribution in [-0.2, 0) is 13.9 Å². The molecule has 40 heavy (non-hydrogen) atoms. The first-order valence-electron chi connectivity index (χ1n) is 15.6. The van der Waals surface area contributed by atoms with E-state index in [1.807, 2.05) is 0 Å². The number of nitrogens with one attached hydrogen (secondary N) is 1. The lowest BCUT2D eigenvalue weighted by molar-refractivity contribution is -0.121. The summed E-state index contributed by atoms with van der Waals surface area (Å²) in [7, 11) is -1.15. The number of aliphatic hydroxyl groups is 2. The van der Waals surface area contributed by atoms with Crippen molar-refractivity contribution in [2.45, 2.75) is 136 Å². The molecule has 0 aliphatic heterocycles. The zero-order valence-electron chi connectivity index (χ0n) is 25.3. The van der Waals surface area contributed by atoms with Gasteiger partial charge in [0.2, 0.25) is 5.91 Å². The predicted octanol–water partition coefficient (Wildman–Crippen LogP) is 7.24. The van der Waals surface area contributed by atoms with Crippen LogP contribution in [-0.4, -0.2) is 63.3 Å². The number of hydrogen-bond acceptors (Lipinski definition) is 7. The maximum absolute atomic E-state index is 11.9. The molecule has 5 N–H and O–H groups in total. The Morgan fingerprint density at radius 1 is 0.775 bits per heavy atom. The van der Waals surface area contributed by atoms with Gasteiger partial charge >= 0.3 is 7.82 Å². The Labute approximate surface area is 252 Å². The first-order valence-corrected chi connectivity index (χ1v) is 19.7. The van der Waals surface area contributed by atoms with E-state index in [-0.39, 0.29) is 19.1 Å². The first kappa shape index (κ1) is 40.2. The van der Waals surface area contributed by atoms with E-state index in [0.717, 1.165) is 37.5 Å². The standard InChI is InChI=1S/C29H60NO7PS2/c1-26(17-14-18-27(2)20-22-37-38(34,35)36)16-12-10-8-6-4-3-5-7-9-11-13-21-30-29(33)19-15-23-39-40-25-28(32)24-31/h26-28,31-32H,3-25H2,1-2H3,(H,30,33)(H2,34,35,36). The molecule has 0 heterocycles. The number of carbonyl (C=O) groups is 1. The lowest BCUT2D eigenvalue weighted by atomic mass is 9.93. The van der Waals surface area contributed by atoms with Crippen LogP contribution >= 0.6 is 29.4 Å². The van der Waals surface area contributed by atoms with Gasteiger partial charge in [0.25, 0.3) is 0 Å². The van der Waals surface area contributed by atoms with Crippen LogP contribution in [0, 0.1) is 11.8 Å². The van der Waals surface area contributed by atoms with Gasteiger partial charge in [-0.2, -0.15) is 0 Å².